The Balaban J connectivity index is 2.05. The number of nitrogens with zero attached hydrogens (tertiary/aromatic N) is 2. The van der Waals surface area contributed by atoms with Crippen molar-refractivity contribution in [3.63, 3.8) is 0 Å². The van der Waals surface area contributed by atoms with Crippen LogP contribution in [-0.4, -0.2) is 58.5 Å². The lowest BCUT2D eigenvalue weighted by atomic mass is 9.97. The van der Waals surface area contributed by atoms with E-state index < -0.39 is 6.10 Å². The number of piperazine rings is 1. The molecular formula is C13H22N2O3. The number of piperidine rings is 1. The quantitative estimate of drug-likeness (QED) is 0.784. The van der Waals surface area contributed by atoms with Crippen LogP contribution in [0, 0.1) is 5.92 Å². The first-order chi connectivity index (χ1) is 8.50. The normalized spacial score (nSPS) is 26.6. The molecule has 2 unspecified atom stereocenters. The highest BCUT2D eigenvalue weighted by molar-refractivity contribution is 5.95. The summed E-state index contributed by atoms with van der Waals surface area (Å²) in [5.74, 6) is 0.126. The molecule has 0 saturated carbocycles. The first-order valence-corrected chi connectivity index (χ1v) is 6.77. The number of hydrogen-bond donors (Lipinski definition) is 1. The summed E-state index contributed by atoms with van der Waals surface area (Å²) in [6.07, 6.45) is 2.20. The minimum absolute atomic E-state index is 0.00833. The van der Waals surface area contributed by atoms with Crippen LogP contribution < -0.4 is 0 Å². The fourth-order valence-electron chi connectivity index (χ4n) is 2.62. The van der Waals surface area contributed by atoms with E-state index in [1.807, 2.05) is 13.8 Å². The number of amides is 2. The largest absolute Gasteiger partial charge is 0.391 e. The second kappa shape index (κ2) is 5.26. The molecule has 2 aliphatic rings. The van der Waals surface area contributed by atoms with E-state index in [4.69, 9.17) is 0 Å². The van der Waals surface area contributed by atoms with Gasteiger partial charge in [0.05, 0.1) is 12.6 Å². The van der Waals surface area contributed by atoms with E-state index in [0.29, 0.717) is 6.54 Å². The summed E-state index contributed by atoms with van der Waals surface area (Å²) in [7, 11) is 0. The van der Waals surface area contributed by atoms with Crippen LogP contribution >= 0.6 is 0 Å². The maximum Gasteiger partial charge on any atom is 0.245 e. The lowest BCUT2D eigenvalue weighted by Gasteiger charge is -2.43. The molecule has 0 aromatic heterocycles. The van der Waals surface area contributed by atoms with Crippen molar-refractivity contribution in [1.29, 1.82) is 0 Å². The molecule has 1 N–H and O–H groups in total. The van der Waals surface area contributed by atoms with Gasteiger partial charge in [-0.25, -0.2) is 0 Å². The predicted octanol–water partition coefficient (Wildman–Crippen LogP) is 0.227. The molecule has 2 fully saturated rings. The minimum atomic E-state index is -0.558. The zero-order chi connectivity index (χ0) is 13.3. The van der Waals surface area contributed by atoms with Crippen molar-refractivity contribution in [2.45, 2.75) is 45.3 Å². The molecule has 18 heavy (non-hydrogen) atoms. The third-order valence-electron chi connectivity index (χ3n) is 3.92. The van der Waals surface area contributed by atoms with Gasteiger partial charge in [0.2, 0.25) is 11.8 Å². The number of aliphatic hydroxyl groups excluding tert-OH is 1. The van der Waals surface area contributed by atoms with Crippen molar-refractivity contribution in [3.05, 3.63) is 0 Å². The molecule has 0 spiro atoms. The fourth-order valence-corrected chi connectivity index (χ4v) is 2.62. The molecule has 0 bridgehead atoms. The van der Waals surface area contributed by atoms with Gasteiger partial charge in [-0.3, -0.25) is 9.59 Å². The van der Waals surface area contributed by atoms with E-state index in [-0.39, 0.29) is 36.9 Å². The van der Waals surface area contributed by atoms with Crippen LogP contribution in [0.15, 0.2) is 0 Å². The van der Waals surface area contributed by atoms with Gasteiger partial charge in [0, 0.05) is 13.1 Å². The van der Waals surface area contributed by atoms with Crippen LogP contribution in [0.1, 0.15) is 33.1 Å². The van der Waals surface area contributed by atoms with Crippen molar-refractivity contribution in [2.75, 3.05) is 19.6 Å². The first-order valence-electron chi connectivity index (χ1n) is 6.77. The molecule has 2 heterocycles. The Labute approximate surface area is 108 Å². The van der Waals surface area contributed by atoms with Crippen LogP contribution in [0.2, 0.25) is 0 Å². The van der Waals surface area contributed by atoms with Gasteiger partial charge in [-0.2, -0.15) is 0 Å². The summed E-state index contributed by atoms with van der Waals surface area (Å²) >= 11 is 0. The SMILES string of the molecule is CC(C)C(O)CN1CC(=O)N2CCCCC2C1=O. The van der Waals surface area contributed by atoms with Crippen LogP contribution in [0.5, 0.6) is 0 Å². The van der Waals surface area contributed by atoms with Gasteiger partial charge >= 0.3 is 0 Å². The number of rotatable bonds is 3. The second-order valence-electron chi connectivity index (χ2n) is 5.63. The Morgan fingerprint density at radius 3 is 2.72 bits per heavy atom. The van der Waals surface area contributed by atoms with E-state index >= 15 is 0 Å². The highest BCUT2D eigenvalue weighted by Gasteiger charge is 2.40. The summed E-state index contributed by atoms with van der Waals surface area (Å²) in [5, 5.41) is 9.86. The van der Waals surface area contributed by atoms with Crippen LogP contribution in [-0.2, 0) is 9.59 Å². The first kappa shape index (κ1) is 13.3. The molecule has 0 aromatic carbocycles. The molecule has 2 atom stereocenters. The van der Waals surface area contributed by atoms with Crippen LogP contribution in [0.4, 0.5) is 0 Å². The molecule has 2 aliphatic heterocycles. The number of carbonyl (C=O) groups is 2. The molecule has 2 rings (SSSR count). The Kier molecular flexibility index (Phi) is 3.90. The van der Waals surface area contributed by atoms with E-state index in [2.05, 4.69) is 0 Å². The molecule has 0 aromatic rings. The Morgan fingerprint density at radius 1 is 1.33 bits per heavy atom. The van der Waals surface area contributed by atoms with E-state index in [1.165, 1.54) is 4.90 Å². The number of hydrogen-bond acceptors (Lipinski definition) is 3. The van der Waals surface area contributed by atoms with E-state index in [9.17, 15) is 14.7 Å². The highest BCUT2D eigenvalue weighted by atomic mass is 16.3. The summed E-state index contributed by atoms with van der Waals surface area (Å²) in [4.78, 5) is 27.5. The standard InChI is InChI=1S/C13H22N2O3/c1-9(2)11(16)7-14-8-12(17)15-6-4-3-5-10(15)13(14)18/h9-11,16H,3-8H2,1-2H3. The molecule has 2 saturated heterocycles. The van der Waals surface area contributed by atoms with Gasteiger partial charge in [0.1, 0.15) is 6.04 Å². The number of carbonyl (C=O) groups excluding carboxylic acids is 2. The van der Waals surface area contributed by atoms with Crippen molar-refractivity contribution in [1.82, 2.24) is 9.80 Å². The molecule has 2 amide bonds. The molecular weight excluding hydrogens is 232 g/mol. The van der Waals surface area contributed by atoms with Gasteiger partial charge in [-0.15, -0.1) is 0 Å². The van der Waals surface area contributed by atoms with Gasteiger partial charge in [-0.05, 0) is 25.2 Å². The smallest absolute Gasteiger partial charge is 0.245 e. The molecule has 102 valence electrons. The summed E-state index contributed by atoms with van der Waals surface area (Å²) < 4.78 is 0. The van der Waals surface area contributed by atoms with Crippen molar-refractivity contribution < 1.29 is 14.7 Å². The molecule has 0 radical (unpaired) electrons. The zero-order valence-electron chi connectivity index (χ0n) is 11.1. The van der Waals surface area contributed by atoms with E-state index in [1.54, 1.807) is 4.90 Å². The summed E-state index contributed by atoms with van der Waals surface area (Å²) in [6, 6.07) is -0.278. The topological polar surface area (TPSA) is 60.9 Å². The predicted molar refractivity (Wildman–Crippen MR) is 66.8 cm³/mol. The van der Waals surface area contributed by atoms with Crippen molar-refractivity contribution in [3.8, 4) is 0 Å². The zero-order valence-corrected chi connectivity index (χ0v) is 11.1. The van der Waals surface area contributed by atoms with Crippen molar-refractivity contribution in [2.24, 2.45) is 5.92 Å². The minimum Gasteiger partial charge on any atom is -0.391 e. The van der Waals surface area contributed by atoms with E-state index in [0.717, 1.165) is 19.3 Å². The second-order valence-corrected chi connectivity index (χ2v) is 5.63. The summed E-state index contributed by atoms with van der Waals surface area (Å²) in [6.45, 7) is 4.92. The van der Waals surface area contributed by atoms with Gasteiger partial charge in [0.15, 0.2) is 0 Å². The average Bonchev–Trinajstić information content (AvgIpc) is 2.35. The lowest BCUT2D eigenvalue weighted by Crippen LogP contribution is -2.62. The Morgan fingerprint density at radius 2 is 2.06 bits per heavy atom. The monoisotopic (exact) mass is 254 g/mol. The maximum absolute atomic E-state index is 12.3. The van der Waals surface area contributed by atoms with Crippen LogP contribution in [0.3, 0.4) is 0 Å². The average molecular weight is 254 g/mol. The maximum atomic E-state index is 12.3. The number of fused-ring (bicyclic) bond motifs is 1. The van der Waals surface area contributed by atoms with Gasteiger partial charge < -0.3 is 14.9 Å². The Hall–Kier alpha value is -1.10. The molecule has 0 aliphatic carbocycles. The Bertz CT molecular complexity index is 343. The van der Waals surface area contributed by atoms with Gasteiger partial charge in [-0.1, -0.05) is 13.8 Å². The molecule has 5 heteroatoms. The number of β-amino-alcohol motifs (C(OH)–C–C–N with tert-alkyl or cyclic N) is 1. The van der Waals surface area contributed by atoms with Gasteiger partial charge in [0.25, 0.3) is 0 Å². The summed E-state index contributed by atoms with van der Waals surface area (Å²) in [5.41, 5.74) is 0. The fraction of sp³-hybridized carbons (Fsp3) is 0.846. The molecule has 5 nitrogen and oxygen atoms in total. The lowest BCUT2D eigenvalue weighted by molar-refractivity contribution is -0.159. The number of aliphatic hydroxyl groups is 1. The van der Waals surface area contributed by atoms with Crippen LogP contribution in [0.25, 0.3) is 0 Å². The third kappa shape index (κ3) is 2.51. The highest BCUT2D eigenvalue weighted by Crippen LogP contribution is 2.23. The van der Waals surface area contributed by atoms with Crippen molar-refractivity contribution >= 4 is 11.8 Å². The third-order valence-corrected chi connectivity index (χ3v) is 3.92.